The predicted molar refractivity (Wildman–Crippen MR) is 126 cm³/mol. The van der Waals surface area contributed by atoms with Gasteiger partial charge in [-0.15, -0.1) is 0 Å². The molecule has 2 heterocycles. The number of carbonyl (C=O) groups is 2. The average molecular weight is 437 g/mol. The van der Waals surface area contributed by atoms with Crippen LogP contribution in [0.1, 0.15) is 70.4 Å². The zero-order valence-corrected chi connectivity index (χ0v) is 18.4. The summed E-state index contributed by atoms with van der Waals surface area (Å²) in [6.45, 7) is 1.36. The maximum Gasteiger partial charge on any atom is 0.259 e. The quantitative estimate of drug-likeness (QED) is 0.410. The number of benzene rings is 2. The Balaban J connectivity index is 1.12. The van der Waals surface area contributed by atoms with Crippen molar-refractivity contribution >= 4 is 46.2 Å². The van der Waals surface area contributed by atoms with Gasteiger partial charge in [-0.2, -0.15) is 0 Å². The second kappa shape index (κ2) is 9.14. The summed E-state index contributed by atoms with van der Waals surface area (Å²) in [5.74, 6) is 0.0608. The molecule has 0 aromatic heterocycles. The van der Waals surface area contributed by atoms with Gasteiger partial charge in [0.25, 0.3) is 11.8 Å². The minimum absolute atomic E-state index is 0.0304. The summed E-state index contributed by atoms with van der Waals surface area (Å²) >= 11 is 10.9. The van der Waals surface area contributed by atoms with E-state index in [0.717, 1.165) is 60.8 Å². The summed E-state index contributed by atoms with van der Waals surface area (Å²) in [5.41, 5.74) is 3.21. The van der Waals surface area contributed by atoms with Crippen molar-refractivity contribution in [3.63, 3.8) is 0 Å². The Labute approximate surface area is 187 Å². The van der Waals surface area contributed by atoms with E-state index in [1.165, 1.54) is 0 Å². The molecule has 0 aliphatic carbocycles. The smallest absolute Gasteiger partial charge is 0.259 e. The zero-order chi connectivity index (χ0) is 21.1. The lowest BCUT2D eigenvalue weighted by molar-refractivity contribution is 0.0851. The van der Waals surface area contributed by atoms with E-state index < -0.39 is 0 Å². The monoisotopic (exact) mass is 436 g/mol. The molecule has 6 heteroatoms. The van der Waals surface area contributed by atoms with E-state index >= 15 is 0 Å². The highest BCUT2D eigenvalue weighted by Gasteiger charge is 2.32. The Bertz CT molecular complexity index is 866. The number of thiocarbonyl (C=S) groups is 2. The Kier molecular flexibility index (Phi) is 6.35. The molecule has 0 fully saturated rings. The van der Waals surface area contributed by atoms with Crippen LogP contribution in [0.4, 0.5) is 0 Å². The Morgan fingerprint density at radius 3 is 1.23 bits per heavy atom. The van der Waals surface area contributed by atoms with Crippen molar-refractivity contribution < 1.29 is 9.59 Å². The SMILES string of the molecule is O=C1c2ccccc2C(=S)N1CCCCCCCCN1C(=O)c2ccccc2C1=S. The average Bonchev–Trinajstić information content (AvgIpc) is 3.16. The van der Waals surface area contributed by atoms with Crippen molar-refractivity contribution in [1.29, 1.82) is 0 Å². The minimum Gasteiger partial charge on any atom is -0.298 e. The molecule has 4 nitrogen and oxygen atoms in total. The summed E-state index contributed by atoms with van der Waals surface area (Å²) in [4.78, 5) is 29.7. The molecular formula is C24H24N2O2S2. The molecule has 0 saturated carbocycles. The number of fused-ring (bicyclic) bond motifs is 2. The van der Waals surface area contributed by atoms with Crippen LogP contribution in [0.25, 0.3) is 0 Å². The van der Waals surface area contributed by atoms with E-state index in [2.05, 4.69) is 0 Å². The molecule has 0 atom stereocenters. The molecule has 2 aliphatic rings. The Morgan fingerprint density at radius 2 is 0.867 bits per heavy atom. The van der Waals surface area contributed by atoms with Crippen molar-refractivity contribution in [3.05, 3.63) is 70.8 Å². The van der Waals surface area contributed by atoms with Gasteiger partial charge in [0.15, 0.2) is 0 Å². The van der Waals surface area contributed by atoms with Gasteiger partial charge in [-0.05, 0) is 25.0 Å². The van der Waals surface area contributed by atoms with Crippen LogP contribution in [-0.2, 0) is 0 Å². The predicted octanol–water partition coefficient (Wildman–Crippen LogP) is 4.99. The molecule has 0 N–H and O–H groups in total. The minimum atomic E-state index is 0.0304. The van der Waals surface area contributed by atoms with Crippen LogP contribution in [0.15, 0.2) is 48.5 Å². The van der Waals surface area contributed by atoms with E-state index in [-0.39, 0.29) is 11.8 Å². The fraction of sp³-hybridized carbons (Fsp3) is 0.333. The third kappa shape index (κ3) is 3.94. The highest BCUT2D eigenvalue weighted by molar-refractivity contribution is 7.81. The van der Waals surface area contributed by atoms with Gasteiger partial charge in [-0.3, -0.25) is 19.4 Å². The van der Waals surface area contributed by atoms with E-state index in [1.54, 1.807) is 9.80 Å². The van der Waals surface area contributed by atoms with Crippen LogP contribution >= 0.6 is 24.4 Å². The normalized spacial score (nSPS) is 15.2. The van der Waals surface area contributed by atoms with Gasteiger partial charge < -0.3 is 0 Å². The molecule has 30 heavy (non-hydrogen) atoms. The molecule has 0 radical (unpaired) electrons. The first-order valence-electron chi connectivity index (χ1n) is 10.5. The summed E-state index contributed by atoms with van der Waals surface area (Å²) in [6.07, 6.45) is 6.25. The first-order valence-corrected chi connectivity index (χ1v) is 11.3. The molecule has 0 unspecified atom stereocenters. The maximum absolute atomic E-state index is 12.5. The van der Waals surface area contributed by atoms with Crippen molar-refractivity contribution in [1.82, 2.24) is 9.80 Å². The van der Waals surface area contributed by atoms with Gasteiger partial charge >= 0.3 is 0 Å². The van der Waals surface area contributed by atoms with Gasteiger partial charge in [0, 0.05) is 24.2 Å². The highest BCUT2D eigenvalue weighted by Crippen LogP contribution is 2.25. The van der Waals surface area contributed by atoms with E-state index in [9.17, 15) is 9.59 Å². The number of rotatable bonds is 9. The molecular weight excluding hydrogens is 412 g/mol. The Morgan fingerprint density at radius 1 is 0.533 bits per heavy atom. The molecule has 0 spiro atoms. The van der Waals surface area contributed by atoms with E-state index in [1.807, 2.05) is 48.5 Å². The van der Waals surface area contributed by atoms with Gasteiger partial charge in [-0.1, -0.05) is 86.5 Å². The van der Waals surface area contributed by atoms with E-state index in [4.69, 9.17) is 24.4 Å². The van der Waals surface area contributed by atoms with Crippen LogP contribution in [-0.4, -0.2) is 44.7 Å². The summed E-state index contributed by atoms with van der Waals surface area (Å²) < 4.78 is 0. The van der Waals surface area contributed by atoms with Crippen LogP contribution in [0, 0.1) is 0 Å². The summed E-state index contributed by atoms with van der Waals surface area (Å²) in [5, 5.41) is 0. The molecule has 0 saturated heterocycles. The lowest BCUT2D eigenvalue weighted by Crippen LogP contribution is -2.30. The molecule has 2 aromatic rings. The van der Waals surface area contributed by atoms with Crippen LogP contribution in [0.5, 0.6) is 0 Å². The lowest BCUT2D eigenvalue weighted by Gasteiger charge is -2.16. The largest absolute Gasteiger partial charge is 0.298 e. The number of hydrogen-bond donors (Lipinski definition) is 0. The van der Waals surface area contributed by atoms with Crippen molar-refractivity contribution in [2.45, 2.75) is 38.5 Å². The first-order chi connectivity index (χ1) is 14.6. The number of nitrogens with zero attached hydrogens (tertiary/aromatic N) is 2. The molecule has 2 amide bonds. The number of hydrogen-bond acceptors (Lipinski definition) is 4. The van der Waals surface area contributed by atoms with Crippen molar-refractivity contribution in [3.8, 4) is 0 Å². The first kappa shape index (κ1) is 20.8. The van der Waals surface area contributed by atoms with Gasteiger partial charge in [0.2, 0.25) is 0 Å². The van der Waals surface area contributed by atoms with E-state index in [0.29, 0.717) is 23.1 Å². The summed E-state index contributed by atoms with van der Waals surface area (Å²) in [7, 11) is 0. The summed E-state index contributed by atoms with van der Waals surface area (Å²) in [6, 6.07) is 15.1. The van der Waals surface area contributed by atoms with Crippen molar-refractivity contribution in [2.75, 3.05) is 13.1 Å². The second-order valence-corrected chi connectivity index (χ2v) is 8.51. The zero-order valence-electron chi connectivity index (χ0n) is 16.8. The van der Waals surface area contributed by atoms with Gasteiger partial charge in [0.05, 0.1) is 11.1 Å². The Hall–Kier alpha value is -2.44. The fourth-order valence-corrected chi connectivity index (χ4v) is 4.84. The molecule has 2 aromatic carbocycles. The third-order valence-electron chi connectivity index (χ3n) is 5.77. The number of amides is 2. The van der Waals surface area contributed by atoms with Crippen molar-refractivity contribution in [2.24, 2.45) is 0 Å². The van der Waals surface area contributed by atoms with Gasteiger partial charge in [0.1, 0.15) is 9.98 Å². The fourth-order valence-electron chi connectivity index (χ4n) is 4.13. The molecule has 154 valence electrons. The molecule has 0 bridgehead atoms. The second-order valence-electron chi connectivity index (χ2n) is 7.74. The molecule has 2 aliphatic heterocycles. The molecule has 4 rings (SSSR count). The number of unbranched alkanes of at least 4 members (excludes halogenated alkanes) is 5. The highest BCUT2D eigenvalue weighted by atomic mass is 32.1. The lowest BCUT2D eigenvalue weighted by atomic mass is 10.1. The maximum atomic E-state index is 12.5. The topological polar surface area (TPSA) is 40.6 Å². The van der Waals surface area contributed by atoms with Crippen LogP contribution < -0.4 is 0 Å². The van der Waals surface area contributed by atoms with Crippen LogP contribution in [0.2, 0.25) is 0 Å². The standard InChI is InChI=1S/C24H24N2O2S2/c27-21-17-11-5-7-13-19(17)23(29)25(21)15-9-3-1-2-4-10-16-26-22(28)18-12-6-8-14-20(18)24(26)30/h5-8,11-14H,1-4,9-10,15-16H2. The number of carbonyl (C=O) groups excluding carboxylic acids is 2. The third-order valence-corrected chi connectivity index (χ3v) is 6.65. The van der Waals surface area contributed by atoms with Gasteiger partial charge in [-0.25, -0.2) is 0 Å². The van der Waals surface area contributed by atoms with Crippen LogP contribution in [0.3, 0.4) is 0 Å².